The largest absolute Gasteiger partial charge is 0.375 e. The number of hydrogen-bond acceptors (Lipinski definition) is 3. The third kappa shape index (κ3) is 2.97. The predicted molar refractivity (Wildman–Crippen MR) is 48.4 cm³/mol. The molecule has 4 heteroatoms. The molecule has 0 aromatic rings. The molecule has 1 unspecified atom stereocenters. The maximum absolute atomic E-state index is 11.3. The molecule has 1 saturated carbocycles. The molecule has 0 aromatic heterocycles. The summed E-state index contributed by atoms with van der Waals surface area (Å²) < 4.78 is 5.43. The average molecular weight is 184 g/mol. The van der Waals surface area contributed by atoms with Crippen LogP contribution in [0.3, 0.4) is 0 Å². The van der Waals surface area contributed by atoms with Crippen LogP contribution in [0, 0.1) is 0 Å². The van der Waals surface area contributed by atoms with E-state index in [9.17, 15) is 4.79 Å². The second-order valence-corrected chi connectivity index (χ2v) is 3.74. The summed E-state index contributed by atoms with van der Waals surface area (Å²) in [4.78, 5) is 11.3. The highest BCUT2D eigenvalue weighted by Gasteiger charge is 2.25. The Hall–Kier alpha value is -0.610. The number of carbonyl (C=O) groups excluding carboxylic acids is 1. The van der Waals surface area contributed by atoms with E-state index in [2.05, 4.69) is 10.6 Å². The van der Waals surface area contributed by atoms with E-state index >= 15 is 0 Å². The molecule has 1 atom stereocenters. The first kappa shape index (κ1) is 8.97. The molecule has 1 heterocycles. The van der Waals surface area contributed by atoms with E-state index in [1.165, 1.54) is 0 Å². The maximum Gasteiger partial charge on any atom is 0.222 e. The molecule has 1 saturated heterocycles. The van der Waals surface area contributed by atoms with Crippen molar-refractivity contribution in [3.8, 4) is 0 Å². The number of ether oxygens (including phenoxy) is 1. The van der Waals surface area contributed by atoms with Crippen molar-refractivity contribution in [3.63, 3.8) is 0 Å². The van der Waals surface area contributed by atoms with E-state index in [0.717, 1.165) is 32.5 Å². The van der Waals surface area contributed by atoms with Crippen LogP contribution in [0.1, 0.15) is 19.3 Å². The minimum atomic E-state index is 0.0764. The Morgan fingerprint density at radius 1 is 1.54 bits per heavy atom. The van der Waals surface area contributed by atoms with Crippen molar-refractivity contribution in [1.29, 1.82) is 0 Å². The molecule has 0 bridgehead atoms. The van der Waals surface area contributed by atoms with Crippen molar-refractivity contribution in [2.24, 2.45) is 0 Å². The lowest BCUT2D eigenvalue weighted by Gasteiger charge is -2.22. The molecule has 0 aromatic carbocycles. The zero-order valence-electron chi connectivity index (χ0n) is 7.71. The van der Waals surface area contributed by atoms with Crippen LogP contribution in [0.5, 0.6) is 0 Å². The smallest absolute Gasteiger partial charge is 0.222 e. The Labute approximate surface area is 78.0 Å². The van der Waals surface area contributed by atoms with Crippen LogP contribution in [0.25, 0.3) is 0 Å². The van der Waals surface area contributed by atoms with Crippen molar-refractivity contribution in [1.82, 2.24) is 10.6 Å². The van der Waals surface area contributed by atoms with Gasteiger partial charge in [0.2, 0.25) is 5.91 Å². The van der Waals surface area contributed by atoms with Gasteiger partial charge in [-0.1, -0.05) is 0 Å². The predicted octanol–water partition coefficient (Wildman–Crippen LogP) is -0.356. The Balaban J connectivity index is 1.66. The molecule has 2 rings (SSSR count). The number of carbonyl (C=O) groups is 1. The van der Waals surface area contributed by atoms with Gasteiger partial charge < -0.3 is 15.4 Å². The summed E-state index contributed by atoms with van der Waals surface area (Å²) in [7, 11) is 0. The first-order valence-corrected chi connectivity index (χ1v) is 4.96. The van der Waals surface area contributed by atoms with Crippen LogP contribution >= 0.6 is 0 Å². The molecule has 0 spiro atoms. The van der Waals surface area contributed by atoms with Crippen LogP contribution in [0.15, 0.2) is 0 Å². The molecular formula is C9H16N2O2. The molecule has 0 radical (unpaired) electrons. The third-order valence-corrected chi connectivity index (χ3v) is 2.36. The number of nitrogens with one attached hydrogen (secondary N) is 2. The topological polar surface area (TPSA) is 50.4 Å². The fourth-order valence-electron chi connectivity index (χ4n) is 1.47. The normalized spacial score (nSPS) is 28.5. The number of hydrogen-bond donors (Lipinski definition) is 2. The fourth-order valence-corrected chi connectivity index (χ4v) is 1.47. The van der Waals surface area contributed by atoms with Crippen molar-refractivity contribution >= 4 is 5.91 Å². The zero-order chi connectivity index (χ0) is 9.10. The first-order chi connectivity index (χ1) is 6.34. The SMILES string of the molecule is O=C(CC1CNCCO1)NC1CC1. The van der Waals surface area contributed by atoms with Crippen molar-refractivity contribution in [2.75, 3.05) is 19.7 Å². The molecule has 1 aliphatic heterocycles. The van der Waals surface area contributed by atoms with Gasteiger partial charge in [0.15, 0.2) is 0 Å². The highest BCUT2D eigenvalue weighted by Crippen LogP contribution is 2.18. The van der Waals surface area contributed by atoms with Gasteiger partial charge in [-0.25, -0.2) is 0 Å². The Morgan fingerprint density at radius 2 is 2.38 bits per heavy atom. The third-order valence-electron chi connectivity index (χ3n) is 2.36. The molecule has 2 fully saturated rings. The number of morpholine rings is 1. The van der Waals surface area contributed by atoms with E-state index in [-0.39, 0.29) is 12.0 Å². The molecular weight excluding hydrogens is 168 g/mol. The molecule has 1 amide bonds. The summed E-state index contributed by atoms with van der Waals surface area (Å²) in [6.07, 6.45) is 2.88. The molecule has 2 N–H and O–H groups in total. The highest BCUT2D eigenvalue weighted by atomic mass is 16.5. The van der Waals surface area contributed by atoms with Gasteiger partial charge in [0.05, 0.1) is 19.1 Å². The lowest BCUT2D eigenvalue weighted by atomic mass is 10.2. The van der Waals surface area contributed by atoms with Gasteiger partial charge in [-0.3, -0.25) is 4.79 Å². The van der Waals surface area contributed by atoms with Crippen LogP contribution in [-0.2, 0) is 9.53 Å². The van der Waals surface area contributed by atoms with Gasteiger partial charge in [-0.15, -0.1) is 0 Å². The summed E-state index contributed by atoms with van der Waals surface area (Å²) in [5.74, 6) is 0.135. The monoisotopic (exact) mass is 184 g/mol. The van der Waals surface area contributed by atoms with Gasteiger partial charge in [0, 0.05) is 19.1 Å². The summed E-state index contributed by atoms with van der Waals surface area (Å²) in [5.41, 5.74) is 0. The average Bonchev–Trinajstić information content (AvgIpc) is 2.90. The quantitative estimate of drug-likeness (QED) is 0.630. The Morgan fingerprint density at radius 3 is 3.00 bits per heavy atom. The minimum absolute atomic E-state index is 0.0764. The van der Waals surface area contributed by atoms with Gasteiger partial charge in [-0.05, 0) is 12.8 Å². The summed E-state index contributed by atoms with van der Waals surface area (Å²) in [6, 6.07) is 0.462. The van der Waals surface area contributed by atoms with Crippen LogP contribution in [0.4, 0.5) is 0 Å². The van der Waals surface area contributed by atoms with Crippen LogP contribution in [0.2, 0.25) is 0 Å². The second-order valence-electron chi connectivity index (χ2n) is 3.74. The van der Waals surface area contributed by atoms with Crippen LogP contribution < -0.4 is 10.6 Å². The minimum Gasteiger partial charge on any atom is -0.375 e. The standard InChI is InChI=1S/C9H16N2O2/c12-9(11-7-1-2-7)5-8-6-10-3-4-13-8/h7-8,10H,1-6H2,(H,11,12). The van der Waals surface area contributed by atoms with Crippen molar-refractivity contribution < 1.29 is 9.53 Å². The van der Waals surface area contributed by atoms with E-state index in [4.69, 9.17) is 4.74 Å². The highest BCUT2D eigenvalue weighted by molar-refractivity contribution is 5.77. The lowest BCUT2D eigenvalue weighted by Crippen LogP contribution is -2.41. The first-order valence-electron chi connectivity index (χ1n) is 4.96. The van der Waals surface area contributed by atoms with Gasteiger partial charge in [0.1, 0.15) is 0 Å². The van der Waals surface area contributed by atoms with Crippen LogP contribution in [-0.4, -0.2) is 37.7 Å². The number of amides is 1. The maximum atomic E-state index is 11.3. The van der Waals surface area contributed by atoms with Gasteiger partial charge in [0.25, 0.3) is 0 Å². The van der Waals surface area contributed by atoms with Crippen molar-refractivity contribution in [3.05, 3.63) is 0 Å². The summed E-state index contributed by atoms with van der Waals surface area (Å²) in [5, 5.41) is 6.16. The lowest BCUT2D eigenvalue weighted by molar-refractivity contribution is -0.124. The zero-order valence-corrected chi connectivity index (χ0v) is 7.71. The Kier molecular flexibility index (Phi) is 2.80. The van der Waals surface area contributed by atoms with Gasteiger partial charge in [-0.2, -0.15) is 0 Å². The molecule has 2 aliphatic rings. The number of rotatable bonds is 3. The second kappa shape index (κ2) is 4.07. The van der Waals surface area contributed by atoms with E-state index in [1.54, 1.807) is 0 Å². The van der Waals surface area contributed by atoms with Gasteiger partial charge >= 0.3 is 0 Å². The Bertz CT molecular complexity index is 186. The fraction of sp³-hybridized carbons (Fsp3) is 0.889. The summed E-state index contributed by atoms with van der Waals surface area (Å²) >= 11 is 0. The van der Waals surface area contributed by atoms with E-state index in [1.807, 2.05) is 0 Å². The summed E-state index contributed by atoms with van der Waals surface area (Å²) in [6.45, 7) is 2.43. The van der Waals surface area contributed by atoms with E-state index < -0.39 is 0 Å². The molecule has 13 heavy (non-hydrogen) atoms. The molecule has 1 aliphatic carbocycles. The van der Waals surface area contributed by atoms with E-state index in [0.29, 0.717) is 12.5 Å². The molecule has 4 nitrogen and oxygen atoms in total. The molecule has 74 valence electrons. The van der Waals surface area contributed by atoms with Crippen molar-refractivity contribution in [2.45, 2.75) is 31.4 Å².